The van der Waals surface area contributed by atoms with Crippen LogP contribution >= 0.6 is 28.1 Å². The summed E-state index contributed by atoms with van der Waals surface area (Å²) in [6.45, 7) is 6.30. The molecule has 134 valence electrons. The Morgan fingerprint density at radius 1 is 1.32 bits per heavy atom. The van der Waals surface area contributed by atoms with Crippen molar-refractivity contribution in [1.29, 1.82) is 0 Å². The number of hydrogen-bond acceptors (Lipinski definition) is 4. The van der Waals surface area contributed by atoms with E-state index in [0.29, 0.717) is 9.59 Å². The van der Waals surface area contributed by atoms with E-state index in [1.165, 1.54) is 12.1 Å². The van der Waals surface area contributed by atoms with Crippen LogP contribution in [0.2, 0.25) is 0 Å². The van der Waals surface area contributed by atoms with Gasteiger partial charge in [-0.05, 0) is 59.7 Å². The number of thiocarbonyl (C=S) groups is 1. The quantitative estimate of drug-likeness (QED) is 0.753. The van der Waals surface area contributed by atoms with Crippen LogP contribution in [0.3, 0.4) is 0 Å². The van der Waals surface area contributed by atoms with Crippen LogP contribution in [0.25, 0.3) is 0 Å². The Bertz CT molecular complexity index is 754. The van der Waals surface area contributed by atoms with Crippen molar-refractivity contribution >= 4 is 38.9 Å². The van der Waals surface area contributed by atoms with Crippen LogP contribution in [0.15, 0.2) is 33.3 Å². The summed E-state index contributed by atoms with van der Waals surface area (Å²) in [6, 6.07) is 6.50. The molecule has 1 aromatic carbocycles. The van der Waals surface area contributed by atoms with Crippen LogP contribution in [0.1, 0.15) is 17.9 Å². The van der Waals surface area contributed by atoms with Crippen molar-refractivity contribution in [2.75, 3.05) is 31.5 Å². The summed E-state index contributed by atoms with van der Waals surface area (Å²) in [4.78, 5) is 4.51. The van der Waals surface area contributed by atoms with Crippen molar-refractivity contribution in [2.24, 2.45) is 0 Å². The van der Waals surface area contributed by atoms with Crippen molar-refractivity contribution in [2.45, 2.75) is 19.9 Å². The normalized spacial score (nSPS) is 15.9. The maximum atomic E-state index is 13.2. The minimum absolute atomic E-state index is 0.281. The van der Waals surface area contributed by atoms with Gasteiger partial charge in [-0.15, -0.1) is 0 Å². The molecule has 1 aliphatic heterocycles. The first kappa shape index (κ1) is 18.3. The highest BCUT2D eigenvalue weighted by Crippen LogP contribution is 2.23. The number of rotatable bonds is 3. The fourth-order valence-corrected chi connectivity index (χ4v) is 3.58. The molecule has 3 rings (SSSR count). The topological polar surface area (TPSA) is 44.5 Å². The van der Waals surface area contributed by atoms with Gasteiger partial charge < -0.3 is 14.7 Å². The van der Waals surface area contributed by atoms with Gasteiger partial charge in [0, 0.05) is 43.3 Å². The van der Waals surface area contributed by atoms with Crippen molar-refractivity contribution in [3.63, 3.8) is 0 Å². The summed E-state index contributed by atoms with van der Waals surface area (Å²) < 4.78 is 19.0. The second-order valence-corrected chi connectivity index (χ2v) is 7.34. The predicted molar refractivity (Wildman–Crippen MR) is 103 cm³/mol. The highest BCUT2D eigenvalue weighted by atomic mass is 79.9. The monoisotopic (exact) mass is 426 g/mol. The Kier molecular flexibility index (Phi) is 6.03. The standard InChI is InChI=1S/C17H20BrFN4OS/c1-12-9-14(21-24-12)11-22-5-2-6-23(8-7-22)17(25)20-16-4-3-13(19)10-15(16)18/h3-4,9-10H,2,5-8,11H2,1H3,(H,20,25). The van der Waals surface area contributed by atoms with Gasteiger partial charge in [0.1, 0.15) is 11.6 Å². The van der Waals surface area contributed by atoms with Crippen LogP contribution in [0.5, 0.6) is 0 Å². The summed E-state index contributed by atoms with van der Waals surface area (Å²) in [7, 11) is 0. The molecule has 0 radical (unpaired) electrons. The van der Waals surface area contributed by atoms with Gasteiger partial charge in [0.05, 0.1) is 11.4 Å². The molecular formula is C17H20BrFN4OS. The third-order valence-electron chi connectivity index (χ3n) is 4.11. The molecule has 0 saturated carbocycles. The molecule has 0 bridgehead atoms. The summed E-state index contributed by atoms with van der Waals surface area (Å²) in [5.41, 5.74) is 1.73. The molecule has 1 N–H and O–H groups in total. The van der Waals surface area contributed by atoms with Crippen LogP contribution in [-0.4, -0.2) is 46.2 Å². The van der Waals surface area contributed by atoms with E-state index in [0.717, 1.165) is 56.3 Å². The molecule has 1 aromatic heterocycles. The summed E-state index contributed by atoms with van der Waals surface area (Å²) in [5, 5.41) is 7.92. The zero-order valence-electron chi connectivity index (χ0n) is 14.0. The molecule has 2 aromatic rings. The highest BCUT2D eigenvalue weighted by Gasteiger charge is 2.18. The number of aryl methyl sites for hydroxylation is 1. The first-order chi connectivity index (χ1) is 12.0. The van der Waals surface area contributed by atoms with Crippen molar-refractivity contribution in [1.82, 2.24) is 15.0 Å². The van der Waals surface area contributed by atoms with Gasteiger partial charge in [-0.25, -0.2) is 4.39 Å². The number of hydrogen-bond donors (Lipinski definition) is 1. The van der Waals surface area contributed by atoms with Crippen molar-refractivity contribution in [3.8, 4) is 0 Å². The van der Waals surface area contributed by atoms with Gasteiger partial charge in [-0.2, -0.15) is 0 Å². The molecule has 0 spiro atoms. The third kappa shape index (κ3) is 4.99. The molecule has 0 amide bonds. The van der Waals surface area contributed by atoms with Crippen LogP contribution in [0, 0.1) is 12.7 Å². The number of aromatic nitrogens is 1. The average Bonchev–Trinajstić information content (AvgIpc) is 2.83. The molecule has 0 aliphatic carbocycles. The van der Waals surface area contributed by atoms with Gasteiger partial charge in [0.15, 0.2) is 5.11 Å². The minimum atomic E-state index is -0.281. The van der Waals surface area contributed by atoms with Crippen LogP contribution in [-0.2, 0) is 6.54 Å². The summed E-state index contributed by atoms with van der Waals surface area (Å²) >= 11 is 8.89. The number of anilines is 1. The van der Waals surface area contributed by atoms with Gasteiger partial charge in [0.25, 0.3) is 0 Å². The largest absolute Gasteiger partial charge is 0.361 e. The third-order valence-corrected chi connectivity index (χ3v) is 5.13. The number of halogens is 2. The SMILES string of the molecule is Cc1cc(CN2CCCN(C(=S)Nc3ccc(F)cc3Br)CC2)no1. The fraction of sp³-hybridized carbons (Fsp3) is 0.412. The van der Waals surface area contributed by atoms with E-state index >= 15 is 0 Å². The van der Waals surface area contributed by atoms with Gasteiger partial charge in [-0.1, -0.05) is 5.16 Å². The van der Waals surface area contributed by atoms with E-state index in [9.17, 15) is 4.39 Å². The number of nitrogens with zero attached hydrogens (tertiary/aromatic N) is 3. The lowest BCUT2D eigenvalue weighted by Gasteiger charge is -2.24. The molecule has 25 heavy (non-hydrogen) atoms. The molecule has 1 fully saturated rings. The lowest BCUT2D eigenvalue weighted by Crippen LogP contribution is -2.37. The molecule has 0 atom stereocenters. The Balaban J connectivity index is 1.55. The molecular weight excluding hydrogens is 407 g/mol. The van der Waals surface area contributed by atoms with Gasteiger partial charge in [0.2, 0.25) is 0 Å². The fourth-order valence-electron chi connectivity index (χ4n) is 2.84. The molecule has 0 unspecified atom stereocenters. The van der Waals surface area contributed by atoms with E-state index in [-0.39, 0.29) is 5.82 Å². The van der Waals surface area contributed by atoms with E-state index < -0.39 is 0 Å². The zero-order valence-corrected chi connectivity index (χ0v) is 16.4. The molecule has 1 saturated heterocycles. The smallest absolute Gasteiger partial charge is 0.173 e. The van der Waals surface area contributed by atoms with Gasteiger partial charge >= 0.3 is 0 Å². The summed E-state index contributed by atoms with van der Waals surface area (Å²) in [5.74, 6) is 0.554. The first-order valence-corrected chi connectivity index (χ1v) is 9.37. The lowest BCUT2D eigenvalue weighted by molar-refractivity contribution is 0.267. The predicted octanol–water partition coefficient (Wildman–Crippen LogP) is 3.79. The van der Waals surface area contributed by atoms with Crippen molar-refractivity contribution in [3.05, 3.63) is 46.0 Å². The second kappa shape index (κ2) is 8.25. The Labute approximate surface area is 160 Å². The number of benzene rings is 1. The Morgan fingerprint density at radius 3 is 2.88 bits per heavy atom. The van der Waals surface area contributed by atoms with Crippen molar-refractivity contribution < 1.29 is 8.91 Å². The second-order valence-electron chi connectivity index (χ2n) is 6.10. The van der Waals surface area contributed by atoms with E-state index in [4.69, 9.17) is 16.7 Å². The van der Waals surface area contributed by atoms with Gasteiger partial charge in [-0.3, -0.25) is 4.90 Å². The number of nitrogens with one attached hydrogen (secondary N) is 1. The zero-order chi connectivity index (χ0) is 17.8. The lowest BCUT2D eigenvalue weighted by atomic mass is 10.3. The maximum absolute atomic E-state index is 13.2. The first-order valence-electron chi connectivity index (χ1n) is 8.17. The molecule has 2 heterocycles. The highest BCUT2D eigenvalue weighted by molar-refractivity contribution is 9.10. The molecule has 1 aliphatic rings. The van der Waals surface area contributed by atoms with Crippen LogP contribution in [0.4, 0.5) is 10.1 Å². The van der Waals surface area contributed by atoms with E-state index in [1.807, 2.05) is 13.0 Å². The Morgan fingerprint density at radius 2 is 2.16 bits per heavy atom. The average molecular weight is 427 g/mol. The Hall–Kier alpha value is -1.51. The maximum Gasteiger partial charge on any atom is 0.173 e. The summed E-state index contributed by atoms with van der Waals surface area (Å²) in [6.07, 6.45) is 1.02. The van der Waals surface area contributed by atoms with E-state index in [2.05, 4.69) is 36.2 Å². The molecule has 5 nitrogen and oxygen atoms in total. The molecule has 8 heteroatoms. The minimum Gasteiger partial charge on any atom is -0.361 e. The van der Waals surface area contributed by atoms with E-state index in [1.54, 1.807) is 6.07 Å². The van der Waals surface area contributed by atoms with Crippen LogP contribution < -0.4 is 5.32 Å².